The Labute approximate surface area is 106 Å². The zero-order chi connectivity index (χ0) is 13.9. The lowest BCUT2D eigenvalue weighted by Gasteiger charge is -2.22. The lowest BCUT2D eigenvalue weighted by Crippen LogP contribution is -2.41. The molecule has 1 saturated carbocycles. The molecule has 1 fully saturated rings. The van der Waals surface area contributed by atoms with Crippen LogP contribution >= 0.6 is 0 Å². The lowest BCUT2D eigenvalue weighted by atomic mass is 9.95. The third kappa shape index (κ3) is 3.21. The van der Waals surface area contributed by atoms with E-state index in [-0.39, 0.29) is 18.4 Å². The summed E-state index contributed by atoms with van der Waals surface area (Å²) in [5.41, 5.74) is 5.03. The van der Waals surface area contributed by atoms with Gasteiger partial charge in [0.05, 0.1) is 18.4 Å². The van der Waals surface area contributed by atoms with Gasteiger partial charge in [-0.05, 0) is 18.8 Å². The maximum Gasteiger partial charge on any atom is 0.307 e. The summed E-state index contributed by atoms with van der Waals surface area (Å²) in [4.78, 5) is 35.3. The number of carboxylic acids is 1. The number of hydrogen-bond donors (Lipinski definition) is 2. The van der Waals surface area contributed by atoms with Crippen LogP contribution in [0.1, 0.15) is 26.2 Å². The first-order chi connectivity index (χ1) is 8.36. The van der Waals surface area contributed by atoms with Crippen LogP contribution in [0.4, 0.5) is 0 Å². The van der Waals surface area contributed by atoms with Crippen LogP contribution in [-0.4, -0.2) is 41.4 Å². The van der Waals surface area contributed by atoms with E-state index in [1.165, 1.54) is 11.9 Å². The molecule has 6 nitrogen and oxygen atoms in total. The van der Waals surface area contributed by atoms with E-state index in [0.717, 1.165) is 6.42 Å². The molecule has 0 aliphatic heterocycles. The van der Waals surface area contributed by atoms with E-state index in [1.54, 1.807) is 0 Å². The molecule has 0 saturated heterocycles. The van der Waals surface area contributed by atoms with E-state index in [9.17, 15) is 14.4 Å². The van der Waals surface area contributed by atoms with Gasteiger partial charge in [0.15, 0.2) is 0 Å². The van der Waals surface area contributed by atoms with E-state index in [1.807, 2.05) is 6.92 Å². The van der Waals surface area contributed by atoms with Crippen LogP contribution in [0.25, 0.3) is 0 Å². The summed E-state index contributed by atoms with van der Waals surface area (Å²) in [6, 6.07) is 0. The highest BCUT2D eigenvalue weighted by molar-refractivity contribution is 5.88. The van der Waals surface area contributed by atoms with Crippen LogP contribution in [0.15, 0.2) is 0 Å². The van der Waals surface area contributed by atoms with Gasteiger partial charge in [-0.3, -0.25) is 14.4 Å². The highest BCUT2D eigenvalue weighted by atomic mass is 16.4. The van der Waals surface area contributed by atoms with Crippen LogP contribution in [-0.2, 0) is 14.4 Å². The van der Waals surface area contributed by atoms with Crippen molar-refractivity contribution in [3.8, 4) is 0 Å². The van der Waals surface area contributed by atoms with Crippen molar-refractivity contribution in [2.75, 3.05) is 13.6 Å². The maximum atomic E-state index is 12.1. The van der Waals surface area contributed by atoms with Gasteiger partial charge in [0.1, 0.15) is 0 Å². The van der Waals surface area contributed by atoms with Crippen LogP contribution in [0, 0.1) is 17.8 Å². The van der Waals surface area contributed by atoms with Gasteiger partial charge in [-0.2, -0.15) is 0 Å². The molecular weight excluding hydrogens is 236 g/mol. The minimum absolute atomic E-state index is 0.168. The molecule has 0 bridgehead atoms. The number of amides is 2. The largest absolute Gasteiger partial charge is 0.481 e. The molecule has 1 rings (SSSR count). The van der Waals surface area contributed by atoms with Gasteiger partial charge in [-0.1, -0.05) is 13.3 Å². The average Bonchev–Trinajstić information content (AvgIpc) is 2.71. The maximum absolute atomic E-state index is 12.1. The molecule has 0 aromatic heterocycles. The van der Waals surface area contributed by atoms with Crippen molar-refractivity contribution in [3.05, 3.63) is 0 Å². The second-order valence-electron chi connectivity index (χ2n) is 4.96. The van der Waals surface area contributed by atoms with Crippen LogP contribution < -0.4 is 5.73 Å². The van der Waals surface area contributed by atoms with Gasteiger partial charge in [0, 0.05) is 7.05 Å². The number of carbonyl (C=O) groups excluding carboxylic acids is 2. The summed E-state index contributed by atoms with van der Waals surface area (Å²) in [7, 11) is 1.48. The first kappa shape index (κ1) is 14.5. The molecule has 1 aliphatic carbocycles. The average molecular weight is 256 g/mol. The molecule has 3 unspecified atom stereocenters. The van der Waals surface area contributed by atoms with E-state index in [2.05, 4.69) is 0 Å². The van der Waals surface area contributed by atoms with Crippen LogP contribution in [0.5, 0.6) is 0 Å². The van der Waals surface area contributed by atoms with E-state index in [4.69, 9.17) is 10.8 Å². The SMILES string of the molecule is CCC1CC(C(=O)O)C(C(=O)N(C)CC(N)=O)C1. The fourth-order valence-electron chi connectivity index (χ4n) is 2.62. The van der Waals surface area contributed by atoms with E-state index >= 15 is 0 Å². The fourth-order valence-corrected chi connectivity index (χ4v) is 2.62. The predicted molar refractivity (Wildman–Crippen MR) is 64.5 cm³/mol. The number of primary amides is 1. The number of likely N-dealkylation sites (N-methyl/N-ethyl adjacent to an activating group) is 1. The van der Waals surface area contributed by atoms with Crippen molar-refractivity contribution in [2.45, 2.75) is 26.2 Å². The molecule has 2 amide bonds. The van der Waals surface area contributed by atoms with Crippen LogP contribution in [0.3, 0.4) is 0 Å². The molecule has 6 heteroatoms. The Morgan fingerprint density at radius 2 is 1.83 bits per heavy atom. The Bertz CT molecular complexity index is 356. The summed E-state index contributed by atoms with van der Waals surface area (Å²) in [5.74, 6) is -2.73. The fraction of sp³-hybridized carbons (Fsp3) is 0.750. The monoisotopic (exact) mass is 256 g/mol. The third-order valence-electron chi connectivity index (χ3n) is 3.64. The van der Waals surface area contributed by atoms with Gasteiger partial charge in [0.25, 0.3) is 0 Å². The summed E-state index contributed by atoms with van der Waals surface area (Å²) >= 11 is 0. The molecule has 3 N–H and O–H groups in total. The summed E-state index contributed by atoms with van der Waals surface area (Å²) < 4.78 is 0. The zero-order valence-corrected chi connectivity index (χ0v) is 10.8. The first-order valence-corrected chi connectivity index (χ1v) is 6.12. The second-order valence-corrected chi connectivity index (χ2v) is 4.96. The number of nitrogens with two attached hydrogens (primary N) is 1. The Morgan fingerprint density at radius 1 is 1.28 bits per heavy atom. The molecule has 0 radical (unpaired) electrons. The first-order valence-electron chi connectivity index (χ1n) is 6.12. The third-order valence-corrected chi connectivity index (χ3v) is 3.64. The normalized spacial score (nSPS) is 26.9. The van der Waals surface area contributed by atoms with Crippen molar-refractivity contribution < 1.29 is 19.5 Å². The summed E-state index contributed by atoms with van der Waals surface area (Å²) in [6.07, 6.45) is 1.98. The molecule has 0 aromatic rings. The molecule has 18 heavy (non-hydrogen) atoms. The zero-order valence-electron chi connectivity index (χ0n) is 10.8. The standard InChI is InChI=1S/C12H20N2O4/c1-3-7-4-8(9(5-7)12(17)18)11(16)14(2)6-10(13)15/h7-9H,3-6H2,1-2H3,(H2,13,15)(H,17,18). The number of carboxylic acid groups (broad SMARTS) is 1. The number of carbonyl (C=O) groups is 3. The second kappa shape index (κ2) is 5.84. The van der Waals surface area contributed by atoms with Crippen molar-refractivity contribution in [1.29, 1.82) is 0 Å². The van der Waals surface area contributed by atoms with Gasteiger partial charge in [-0.15, -0.1) is 0 Å². The summed E-state index contributed by atoms with van der Waals surface area (Å²) in [5, 5.41) is 9.15. The molecule has 0 aromatic carbocycles. The Hall–Kier alpha value is -1.59. The highest BCUT2D eigenvalue weighted by Gasteiger charge is 2.43. The van der Waals surface area contributed by atoms with Gasteiger partial charge >= 0.3 is 5.97 Å². The van der Waals surface area contributed by atoms with Gasteiger partial charge in [-0.25, -0.2) is 0 Å². The van der Waals surface area contributed by atoms with Crippen molar-refractivity contribution >= 4 is 17.8 Å². The van der Waals surface area contributed by atoms with Crippen molar-refractivity contribution in [1.82, 2.24) is 4.90 Å². The molecule has 1 aliphatic rings. The molecule has 3 atom stereocenters. The highest BCUT2D eigenvalue weighted by Crippen LogP contribution is 2.39. The Kier molecular flexibility index (Phi) is 4.69. The minimum Gasteiger partial charge on any atom is -0.481 e. The van der Waals surface area contributed by atoms with E-state index in [0.29, 0.717) is 12.8 Å². The topological polar surface area (TPSA) is 101 Å². The Morgan fingerprint density at radius 3 is 2.28 bits per heavy atom. The summed E-state index contributed by atoms with van der Waals surface area (Å²) in [6.45, 7) is 1.82. The molecule has 102 valence electrons. The number of aliphatic carboxylic acids is 1. The number of nitrogens with zero attached hydrogens (tertiary/aromatic N) is 1. The predicted octanol–water partition coefficient (Wildman–Crippen LogP) is 0.0671. The smallest absolute Gasteiger partial charge is 0.307 e. The van der Waals surface area contributed by atoms with Crippen LogP contribution in [0.2, 0.25) is 0 Å². The Balaban J connectivity index is 2.76. The molecule has 0 heterocycles. The molecule has 0 spiro atoms. The molecular formula is C12H20N2O4. The van der Waals surface area contributed by atoms with Gasteiger partial charge in [0.2, 0.25) is 11.8 Å². The number of hydrogen-bond acceptors (Lipinski definition) is 3. The quantitative estimate of drug-likeness (QED) is 0.726. The van der Waals surface area contributed by atoms with E-state index < -0.39 is 23.7 Å². The van der Waals surface area contributed by atoms with Gasteiger partial charge < -0.3 is 15.7 Å². The lowest BCUT2D eigenvalue weighted by molar-refractivity contribution is -0.149. The number of rotatable bonds is 5. The van der Waals surface area contributed by atoms with Crippen molar-refractivity contribution in [3.63, 3.8) is 0 Å². The van der Waals surface area contributed by atoms with Crippen molar-refractivity contribution in [2.24, 2.45) is 23.5 Å². The minimum atomic E-state index is -0.934.